The summed E-state index contributed by atoms with van der Waals surface area (Å²) in [4.78, 5) is 22.6. The molecule has 0 aliphatic carbocycles. The van der Waals surface area contributed by atoms with E-state index in [0.29, 0.717) is 6.42 Å². The van der Waals surface area contributed by atoms with Gasteiger partial charge in [0.2, 0.25) is 5.91 Å². The Morgan fingerprint density at radius 1 is 1.05 bits per heavy atom. The van der Waals surface area contributed by atoms with Gasteiger partial charge in [-0.1, -0.05) is 60.7 Å². The van der Waals surface area contributed by atoms with Gasteiger partial charge < -0.3 is 0 Å². The fourth-order valence-corrected chi connectivity index (χ4v) is 2.19. The molecule has 102 valence electrons. The van der Waals surface area contributed by atoms with Crippen molar-refractivity contribution < 1.29 is 4.79 Å². The van der Waals surface area contributed by atoms with Gasteiger partial charge in [0.25, 0.3) is 0 Å². The standard InChI is InChI=1S/C16H16N2O2/c1-13(19)18(17-20)16(15-10-6-3-7-11-15)12-14-8-4-2-5-9-14/h2-11,16H,12H2,1H3/t16-/m0/s1. The summed E-state index contributed by atoms with van der Waals surface area (Å²) in [6.45, 7) is 1.35. The third-order valence-corrected chi connectivity index (χ3v) is 3.16. The van der Waals surface area contributed by atoms with Gasteiger partial charge in [0.15, 0.2) is 0 Å². The van der Waals surface area contributed by atoms with Crippen molar-refractivity contribution in [2.75, 3.05) is 0 Å². The Bertz CT molecular complexity index is 570. The number of hydrogen-bond acceptors (Lipinski definition) is 3. The van der Waals surface area contributed by atoms with Crippen molar-refractivity contribution in [3.63, 3.8) is 0 Å². The Morgan fingerprint density at radius 3 is 2.10 bits per heavy atom. The number of carbonyl (C=O) groups is 1. The van der Waals surface area contributed by atoms with Crippen LogP contribution in [0.25, 0.3) is 0 Å². The van der Waals surface area contributed by atoms with Crippen LogP contribution in [0.1, 0.15) is 24.1 Å². The highest BCUT2D eigenvalue weighted by Crippen LogP contribution is 2.25. The second-order valence-corrected chi connectivity index (χ2v) is 4.56. The van der Waals surface area contributed by atoms with Crippen molar-refractivity contribution >= 4 is 5.91 Å². The van der Waals surface area contributed by atoms with Crippen LogP contribution in [-0.2, 0) is 11.2 Å². The molecule has 1 amide bonds. The van der Waals surface area contributed by atoms with Gasteiger partial charge in [-0.15, -0.1) is 4.91 Å². The minimum atomic E-state index is -0.381. The van der Waals surface area contributed by atoms with Gasteiger partial charge in [-0.25, -0.2) is 0 Å². The second kappa shape index (κ2) is 6.61. The van der Waals surface area contributed by atoms with Crippen molar-refractivity contribution in [2.24, 2.45) is 5.29 Å². The monoisotopic (exact) mass is 268 g/mol. The quantitative estimate of drug-likeness (QED) is 0.615. The van der Waals surface area contributed by atoms with Crippen LogP contribution in [-0.4, -0.2) is 10.9 Å². The van der Waals surface area contributed by atoms with Gasteiger partial charge in [0.1, 0.15) is 0 Å². The fourth-order valence-electron chi connectivity index (χ4n) is 2.19. The van der Waals surface area contributed by atoms with Gasteiger partial charge in [-0.3, -0.25) is 4.79 Å². The molecule has 2 rings (SSSR count). The molecule has 0 heterocycles. The van der Waals surface area contributed by atoms with Gasteiger partial charge >= 0.3 is 0 Å². The predicted molar refractivity (Wildman–Crippen MR) is 77.6 cm³/mol. The lowest BCUT2D eigenvalue weighted by Gasteiger charge is -2.24. The summed E-state index contributed by atoms with van der Waals surface area (Å²) in [5, 5.41) is 3.90. The lowest BCUT2D eigenvalue weighted by molar-refractivity contribution is -0.131. The third kappa shape index (κ3) is 3.29. The van der Waals surface area contributed by atoms with Gasteiger partial charge in [-0.2, -0.15) is 5.01 Å². The van der Waals surface area contributed by atoms with E-state index < -0.39 is 0 Å². The van der Waals surface area contributed by atoms with E-state index in [-0.39, 0.29) is 11.9 Å². The maximum atomic E-state index is 11.6. The molecule has 0 radical (unpaired) electrons. The number of rotatable bonds is 5. The van der Waals surface area contributed by atoms with E-state index in [2.05, 4.69) is 5.29 Å². The van der Waals surface area contributed by atoms with Crippen LogP contribution < -0.4 is 0 Å². The Balaban J connectivity index is 2.34. The SMILES string of the molecule is CC(=O)N(N=O)[C@@H](Cc1ccccc1)c1ccccc1. The average Bonchev–Trinajstić information content (AvgIpc) is 2.48. The van der Waals surface area contributed by atoms with Crippen molar-refractivity contribution in [3.8, 4) is 0 Å². The maximum Gasteiger partial charge on any atom is 0.242 e. The van der Waals surface area contributed by atoms with Crippen LogP contribution in [0, 0.1) is 4.91 Å². The molecule has 0 aliphatic heterocycles. The van der Waals surface area contributed by atoms with Gasteiger partial charge in [-0.05, 0) is 17.5 Å². The van der Waals surface area contributed by atoms with Crippen LogP contribution in [0.2, 0.25) is 0 Å². The topological polar surface area (TPSA) is 49.7 Å². The molecule has 2 aromatic carbocycles. The van der Waals surface area contributed by atoms with E-state index >= 15 is 0 Å². The van der Waals surface area contributed by atoms with E-state index in [9.17, 15) is 9.70 Å². The van der Waals surface area contributed by atoms with Crippen LogP contribution in [0.5, 0.6) is 0 Å². The molecule has 0 aromatic heterocycles. The molecule has 4 nitrogen and oxygen atoms in total. The first-order valence-corrected chi connectivity index (χ1v) is 6.44. The number of benzene rings is 2. The molecule has 2 aromatic rings. The Kier molecular flexibility index (Phi) is 4.60. The summed E-state index contributed by atoms with van der Waals surface area (Å²) in [6.07, 6.45) is 0.552. The van der Waals surface area contributed by atoms with Crippen molar-refractivity contribution in [3.05, 3.63) is 76.7 Å². The van der Waals surface area contributed by atoms with E-state index in [1.54, 1.807) is 0 Å². The number of carbonyl (C=O) groups excluding carboxylic acids is 1. The summed E-state index contributed by atoms with van der Waals surface area (Å²) >= 11 is 0. The smallest absolute Gasteiger partial charge is 0.242 e. The molecule has 4 heteroatoms. The minimum Gasteiger partial charge on any atom is -0.273 e. The van der Waals surface area contributed by atoms with Crippen LogP contribution in [0.15, 0.2) is 65.9 Å². The molecule has 0 spiro atoms. The Morgan fingerprint density at radius 2 is 1.60 bits per heavy atom. The molecule has 0 N–H and O–H groups in total. The zero-order valence-electron chi connectivity index (χ0n) is 11.3. The summed E-state index contributed by atoms with van der Waals surface area (Å²) < 4.78 is 0. The molecule has 0 aliphatic rings. The van der Waals surface area contributed by atoms with E-state index in [0.717, 1.165) is 16.1 Å². The lowest BCUT2D eigenvalue weighted by Crippen LogP contribution is -2.29. The molecule has 0 saturated heterocycles. The number of nitroso groups, excluding NO2 is 1. The zero-order valence-corrected chi connectivity index (χ0v) is 11.3. The molecule has 0 fully saturated rings. The normalized spacial score (nSPS) is 11.7. The van der Waals surface area contributed by atoms with Gasteiger partial charge in [0.05, 0.1) is 11.3 Å². The second-order valence-electron chi connectivity index (χ2n) is 4.56. The number of nitrogens with zero attached hydrogens (tertiary/aromatic N) is 2. The summed E-state index contributed by atoms with van der Waals surface area (Å²) in [7, 11) is 0. The van der Waals surface area contributed by atoms with Crippen LogP contribution >= 0.6 is 0 Å². The first-order chi connectivity index (χ1) is 9.72. The first-order valence-electron chi connectivity index (χ1n) is 6.44. The highest BCUT2D eigenvalue weighted by molar-refractivity contribution is 5.73. The van der Waals surface area contributed by atoms with E-state index in [4.69, 9.17) is 0 Å². The predicted octanol–water partition coefficient (Wildman–Crippen LogP) is 3.50. The Hall–Kier alpha value is -2.49. The van der Waals surface area contributed by atoms with Crippen LogP contribution in [0.3, 0.4) is 0 Å². The molecule has 1 atom stereocenters. The average molecular weight is 268 g/mol. The fraction of sp³-hybridized carbons (Fsp3) is 0.188. The molecule has 0 saturated carbocycles. The largest absolute Gasteiger partial charge is 0.273 e. The summed E-state index contributed by atoms with van der Waals surface area (Å²) in [5.41, 5.74) is 1.95. The minimum absolute atomic E-state index is 0.357. The van der Waals surface area contributed by atoms with E-state index in [1.807, 2.05) is 60.7 Å². The lowest BCUT2D eigenvalue weighted by atomic mass is 9.98. The number of amides is 1. The molecular weight excluding hydrogens is 252 g/mol. The number of hydrogen-bond donors (Lipinski definition) is 0. The third-order valence-electron chi connectivity index (χ3n) is 3.16. The molecule has 0 unspecified atom stereocenters. The summed E-state index contributed by atoms with van der Waals surface area (Å²) in [5.74, 6) is -0.357. The highest BCUT2D eigenvalue weighted by atomic mass is 16.3. The van der Waals surface area contributed by atoms with E-state index in [1.165, 1.54) is 6.92 Å². The van der Waals surface area contributed by atoms with Crippen molar-refractivity contribution in [1.82, 2.24) is 5.01 Å². The molecule has 0 bridgehead atoms. The maximum absolute atomic E-state index is 11.6. The highest BCUT2D eigenvalue weighted by Gasteiger charge is 2.24. The molecule has 20 heavy (non-hydrogen) atoms. The molecular formula is C16H16N2O2. The van der Waals surface area contributed by atoms with Gasteiger partial charge in [0, 0.05) is 6.92 Å². The zero-order chi connectivity index (χ0) is 14.4. The van der Waals surface area contributed by atoms with Crippen molar-refractivity contribution in [2.45, 2.75) is 19.4 Å². The first kappa shape index (κ1) is 13.9. The van der Waals surface area contributed by atoms with Crippen LogP contribution in [0.4, 0.5) is 0 Å². The Labute approximate surface area is 118 Å². The van der Waals surface area contributed by atoms with Crippen molar-refractivity contribution in [1.29, 1.82) is 0 Å². The summed E-state index contributed by atoms with van der Waals surface area (Å²) in [6, 6.07) is 18.8.